The van der Waals surface area contributed by atoms with E-state index in [1.54, 1.807) is 51.1 Å². The van der Waals surface area contributed by atoms with Crippen molar-refractivity contribution in [2.24, 2.45) is 0 Å². The van der Waals surface area contributed by atoms with Crippen molar-refractivity contribution >= 4 is 23.5 Å². The van der Waals surface area contributed by atoms with Gasteiger partial charge in [-0.3, -0.25) is 9.69 Å². The molecular weight excluding hydrogens is 384 g/mol. The first-order valence-electron chi connectivity index (χ1n) is 8.58. The van der Waals surface area contributed by atoms with Crippen molar-refractivity contribution in [2.75, 3.05) is 0 Å². The molecule has 1 atom stereocenters. The summed E-state index contributed by atoms with van der Waals surface area (Å²) in [5, 5.41) is 7.18. The van der Waals surface area contributed by atoms with Crippen LogP contribution in [-0.2, 0) is 16.9 Å². The molecule has 0 radical (unpaired) electrons. The monoisotopic (exact) mass is 400 g/mol. The summed E-state index contributed by atoms with van der Waals surface area (Å²) in [5.74, 6) is 1.30. The average molecular weight is 401 g/mol. The highest BCUT2D eigenvalue weighted by molar-refractivity contribution is 6.30. The number of carbonyl (C=O) groups excluding carboxylic acids is 2. The van der Waals surface area contributed by atoms with E-state index in [-0.39, 0.29) is 12.4 Å². The number of nitrogens with one attached hydrogen (secondary N) is 1. The van der Waals surface area contributed by atoms with Crippen LogP contribution in [0.25, 0.3) is 11.4 Å². The molecule has 3 aromatic rings. The van der Waals surface area contributed by atoms with Crippen LogP contribution in [0.1, 0.15) is 29.9 Å². The van der Waals surface area contributed by atoms with E-state index < -0.39 is 17.5 Å². The number of aryl methyl sites for hydroxylation is 2. The van der Waals surface area contributed by atoms with Crippen LogP contribution in [0.3, 0.4) is 0 Å². The van der Waals surface area contributed by atoms with Crippen LogP contribution < -0.4 is 5.32 Å². The average Bonchev–Trinajstić information content (AvgIpc) is 3.30. The molecule has 1 N–H and O–H groups in total. The fourth-order valence-corrected chi connectivity index (χ4v) is 3.54. The standard InChI is InChI=1S/C19H17ClN4O4/c1-10-7-14(11(2)27-10)19(3)17(25)24(18(26)22-19)9-15-21-16(23-28-15)12-5-4-6-13(20)8-12/h4-8H,9H2,1-3H3,(H,22,26). The van der Waals surface area contributed by atoms with Gasteiger partial charge in [0.15, 0.2) is 0 Å². The molecule has 144 valence electrons. The fourth-order valence-electron chi connectivity index (χ4n) is 3.35. The molecule has 0 aliphatic carbocycles. The van der Waals surface area contributed by atoms with Crippen molar-refractivity contribution in [3.05, 3.63) is 58.3 Å². The normalized spacial score (nSPS) is 19.4. The summed E-state index contributed by atoms with van der Waals surface area (Å²) < 4.78 is 10.7. The van der Waals surface area contributed by atoms with Crippen LogP contribution in [0.4, 0.5) is 4.79 Å². The van der Waals surface area contributed by atoms with Gasteiger partial charge in [-0.25, -0.2) is 4.79 Å². The van der Waals surface area contributed by atoms with Crippen molar-refractivity contribution < 1.29 is 18.5 Å². The van der Waals surface area contributed by atoms with Crippen LogP contribution in [0.2, 0.25) is 5.02 Å². The zero-order valence-electron chi connectivity index (χ0n) is 15.4. The molecule has 1 saturated heterocycles. The number of aromatic nitrogens is 2. The lowest BCUT2D eigenvalue weighted by molar-refractivity contribution is -0.131. The number of halogens is 1. The van der Waals surface area contributed by atoms with Gasteiger partial charge in [0.1, 0.15) is 23.6 Å². The molecule has 1 aromatic carbocycles. The number of nitrogens with zero attached hydrogens (tertiary/aromatic N) is 3. The van der Waals surface area contributed by atoms with Crippen molar-refractivity contribution in [2.45, 2.75) is 32.9 Å². The molecule has 1 unspecified atom stereocenters. The second-order valence-corrected chi connectivity index (χ2v) is 7.23. The maximum atomic E-state index is 13.0. The Balaban J connectivity index is 1.58. The Morgan fingerprint density at radius 1 is 1.25 bits per heavy atom. The van der Waals surface area contributed by atoms with E-state index in [1.165, 1.54) is 0 Å². The Morgan fingerprint density at radius 3 is 2.71 bits per heavy atom. The van der Waals surface area contributed by atoms with Crippen LogP contribution in [0.5, 0.6) is 0 Å². The Hall–Kier alpha value is -3.13. The highest BCUT2D eigenvalue weighted by Gasteiger charge is 2.51. The molecular formula is C19H17ClN4O4. The smallest absolute Gasteiger partial charge is 0.325 e. The van der Waals surface area contributed by atoms with Gasteiger partial charge in [0.25, 0.3) is 5.91 Å². The van der Waals surface area contributed by atoms with Gasteiger partial charge in [-0.1, -0.05) is 28.9 Å². The van der Waals surface area contributed by atoms with Gasteiger partial charge in [-0.05, 0) is 39.0 Å². The molecule has 1 aliphatic heterocycles. The molecule has 2 aromatic heterocycles. The topological polar surface area (TPSA) is 101 Å². The molecule has 28 heavy (non-hydrogen) atoms. The van der Waals surface area contributed by atoms with E-state index in [9.17, 15) is 9.59 Å². The Morgan fingerprint density at radius 2 is 2.04 bits per heavy atom. The zero-order chi connectivity index (χ0) is 20.1. The highest BCUT2D eigenvalue weighted by atomic mass is 35.5. The lowest BCUT2D eigenvalue weighted by Crippen LogP contribution is -2.41. The quantitative estimate of drug-likeness (QED) is 0.672. The number of furan rings is 1. The third-order valence-corrected chi connectivity index (χ3v) is 4.93. The first-order valence-corrected chi connectivity index (χ1v) is 8.96. The summed E-state index contributed by atoms with van der Waals surface area (Å²) in [6.45, 7) is 5.05. The summed E-state index contributed by atoms with van der Waals surface area (Å²) >= 11 is 5.98. The number of urea groups is 1. The molecule has 8 nitrogen and oxygen atoms in total. The summed E-state index contributed by atoms with van der Waals surface area (Å²) in [5.41, 5.74) is 0.0828. The fraction of sp³-hybridized carbons (Fsp3) is 0.263. The van der Waals surface area contributed by atoms with Crippen LogP contribution in [0, 0.1) is 13.8 Å². The minimum Gasteiger partial charge on any atom is -0.466 e. The number of imide groups is 1. The number of benzene rings is 1. The van der Waals surface area contributed by atoms with E-state index in [2.05, 4.69) is 15.5 Å². The maximum absolute atomic E-state index is 13.0. The van der Waals surface area contributed by atoms with E-state index in [4.69, 9.17) is 20.5 Å². The molecule has 9 heteroatoms. The van der Waals surface area contributed by atoms with Crippen molar-refractivity contribution in [1.29, 1.82) is 0 Å². The second kappa shape index (κ2) is 6.49. The number of hydrogen-bond donors (Lipinski definition) is 1. The molecule has 0 saturated carbocycles. The number of amides is 3. The highest BCUT2D eigenvalue weighted by Crippen LogP contribution is 2.33. The van der Waals surface area contributed by atoms with Gasteiger partial charge in [-0.15, -0.1) is 0 Å². The van der Waals surface area contributed by atoms with E-state index in [0.717, 1.165) is 4.90 Å². The molecule has 3 amide bonds. The Kier molecular flexibility index (Phi) is 4.23. The molecule has 0 bridgehead atoms. The van der Waals surface area contributed by atoms with Gasteiger partial charge >= 0.3 is 6.03 Å². The zero-order valence-corrected chi connectivity index (χ0v) is 16.2. The first kappa shape index (κ1) is 18.2. The third-order valence-electron chi connectivity index (χ3n) is 4.70. The summed E-state index contributed by atoms with van der Waals surface area (Å²) in [6, 6.07) is 8.21. The molecule has 3 heterocycles. The second-order valence-electron chi connectivity index (χ2n) is 6.80. The van der Waals surface area contributed by atoms with Gasteiger partial charge < -0.3 is 14.3 Å². The molecule has 1 aliphatic rings. The lowest BCUT2D eigenvalue weighted by atomic mass is 9.92. The SMILES string of the molecule is Cc1cc(C2(C)NC(=O)N(Cc3nc(-c4cccc(Cl)c4)no3)C2=O)c(C)o1. The van der Waals surface area contributed by atoms with E-state index in [1.807, 2.05) is 0 Å². The van der Waals surface area contributed by atoms with Gasteiger partial charge in [0, 0.05) is 16.1 Å². The van der Waals surface area contributed by atoms with Gasteiger partial charge in [0.2, 0.25) is 11.7 Å². The van der Waals surface area contributed by atoms with E-state index >= 15 is 0 Å². The van der Waals surface area contributed by atoms with Crippen LogP contribution in [-0.4, -0.2) is 27.0 Å². The number of hydrogen-bond acceptors (Lipinski definition) is 6. The first-order chi connectivity index (χ1) is 13.3. The predicted octanol–water partition coefficient (Wildman–Crippen LogP) is 3.57. The molecule has 4 rings (SSSR count). The Bertz CT molecular complexity index is 1090. The largest absolute Gasteiger partial charge is 0.466 e. The van der Waals surface area contributed by atoms with E-state index in [0.29, 0.717) is 33.5 Å². The number of carbonyl (C=O) groups is 2. The lowest BCUT2D eigenvalue weighted by Gasteiger charge is -2.20. The third kappa shape index (κ3) is 2.95. The van der Waals surface area contributed by atoms with Crippen molar-refractivity contribution in [1.82, 2.24) is 20.4 Å². The summed E-state index contributed by atoms with van der Waals surface area (Å²) in [4.78, 5) is 30.8. The minimum absolute atomic E-state index is 0.135. The van der Waals surface area contributed by atoms with Crippen LogP contribution in [0.15, 0.2) is 39.3 Å². The van der Waals surface area contributed by atoms with Crippen molar-refractivity contribution in [3.8, 4) is 11.4 Å². The Labute approximate surface area is 165 Å². The maximum Gasteiger partial charge on any atom is 0.325 e. The number of rotatable bonds is 4. The van der Waals surface area contributed by atoms with Gasteiger partial charge in [-0.2, -0.15) is 4.98 Å². The van der Waals surface area contributed by atoms with Gasteiger partial charge in [0.05, 0.1) is 0 Å². The molecule has 1 fully saturated rings. The summed E-state index contributed by atoms with van der Waals surface area (Å²) in [7, 11) is 0. The van der Waals surface area contributed by atoms with Crippen molar-refractivity contribution in [3.63, 3.8) is 0 Å². The minimum atomic E-state index is -1.21. The summed E-state index contributed by atoms with van der Waals surface area (Å²) in [6.07, 6.45) is 0. The molecule has 0 spiro atoms. The predicted molar refractivity (Wildman–Crippen MR) is 99.4 cm³/mol. The van der Waals surface area contributed by atoms with Crippen LogP contribution >= 0.6 is 11.6 Å².